The van der Waals surface area contributed by atoms with Crippen molar-refractivity contribution < 1.29 is 31.9 Å². The Bertz CT molecular complexity index is 798. The number of hydrogen-bond acceptors (Lipinski definition) is 6. The summed E-state index contributed by atoms with van der Waals surface area (Å²) in [7, 11) is -4.67. The molecular weight excluding hydrogens is 342 g/mol. The van der Waals surface area contributed by atoms with Crippen LogP contribution >= 0.6 is 0 Å². The van der Waals surface area contributed by atoms with Crippen LogP contribution in [0.4, 0.5) is 5.69 Å². The fourth-order valence-electron chi connectivity index (χ4n) is 2.61. The van der Waals surface area contributed by atoms with E-state index in [1.165, 1.54) is 4.90 Å². The summed E-state index contributed by atoms with van der Waals surface area (Å²) in [6, 6.07) is 4.58. The molecule has 3 rings (SSSR count). The molecule has 130 valence electrons. The molecule has 10 nitrogen and oxygen atoms in total. The largest absolute Gasteiger partial charge is 0.398 e. The molecular formula is C13H15N3O7S. The molecule has 3 amide bonds. The Labute approximate surface area is 137 Å². The second kappa shape index (κ2) is 6.55. The number of benzene rings is 1. The highest BCUT2D eigenvalue weighted by Gasteiger charge is 2.39. The summed E-state index contributed by atoms with van der Waals surface area (Å²) < 4.78 is 31.6. The average Bonchev–Trinajstić information content (AvgIpc) is 2.76. The monoisotopic (exact) mass is 357 g/mol. The minimum absolute atomic E-state index is 0.197. The number of fused-ring (bicyclic) bond motifs is 1. The predicted molar refractivity (Wildman–Crippen MR) is 81.1 cm³/mol. The minimum atomic E-state index is -4.67. The molecule has 0 spiro atoms. The molecule has 1 fully saturated rings. The van der Waals surface area contributed by atoms with Gasteiger partial charge in [0.15, 0.2) is 0 Å². The number of anilines is 1. The van der Waals surface area contributed by atoms with Crippen LogP contribution in [-0.4, -0.2) is 46.2 Å². The minimum Gasteiger partial charge on any atom is -0.398 e. The summed E-state index contributed by atoms with van der Waals surface area (Å²) >= 11 is 0. The first-order valence-electron chi connectivity index (χ1n) is 6.80. The Morgan fingerprint density at radius 3 is 2.38 bits per heavy atom. The molecule has 5 N–H and O–H groups in total. The molecule has 1 aromatic rings. The summed E-state index contributed by atoms with van der Waals surface area (Å²) in [5.41, 5.74) is 7.71. The normalized spacial score (nSPS) is 20.2. The fraction of sp³-hybridized carbons (Fsp3) is 0.308. The molecule has 24 heavy (non-hydrogen) atoms. The number of carbonyl (C=O) groups excluding carboxylic acids is 3. The summed E-state index contributed by atoms with van der Waals surface area (Å²) in [6.45, 7) is 0.327. The third-order valence-corrected chi connectivity index (χ3v) is 3.62. The summed E-state index contributed by atoms with van der Waals surface area (Å²) in [6.07, 6.45) is 0.621. The van der Waals surface area contributed by atoms with Crippen molar-refractivity contribution in [2.75, 3.05) is 5.73 Å². The highest BCUT2D eigenvalue weighted by Crippen LogP contribution is 2.30. The number of imide groups is 1. The number of nitrogens with zero attached hydrogens (tertiary/aromatic N) is 1. The Morgan fingerprint density at radius 2 is 1.83 bits per heavy atom. The average molecular weight is 357 g/mol. The molecule has 1 unspecified atom stereocenters. The van der Waals surface area contributed by atoms with E-state index < -0.39 is 22.3 Å². The van der Waals surface area contributed by atoms with Gasteiger partial charge in [-0.05, 0) is 18.6 Å². The zero-order valence-electron chi connectivity index (χ0n) is 12.3. The van der Waals surface area contributed by atoms with Crippen LogP contribution in [0, 0.1) is 0 Å². The van der Waals surface area contributed by atoms with Gasteiger partial charge in [0.25, 0.3) is 5.91 Å². The lowest BCUT2D eigenvalue weighted by atomic mass is 10.0. The molecule has 11 heteroatoms. The number of nitrogens with two attached hydrogens (primary N) is 1. The second-order valence-electron chi connectivity index (χ2n) is 5.22. The van der Waals surface area contributed by atoms with Crippen molar-refractivity contribution in [3.05, 3.63) is 29.3 Å². The van der Waals surface area contributed by atoms with Crippen molar-refractivity contribution in [3.63, 3.8) is 0 Å². The third-order valence-electron chi connectivity index (χ3n) is 3.62. The Kier molecular flexibility index (Phi) is 4.87. The van der Waals surface area contributed by atoms with Gasteiger partial charge in [-0.1, -0.05) is 6.07 Å². The number of nitrogens with one attached hydrogen (secondary N) is 1. The van der Waals surface area contributed by atoms with Gasteiger partial charge in [-0.15, -0.1) is 0 Å². The van der Waals surface area contributed by atoms with Gasteiger partial charge in [-0.3, -0.25) is 28.8 Å². The molecule has 0 aromatic heterocycles. The zero-order chi connectivity index (χ0) is 18.1. The smallest absolute Gasteiger partial charge is 0.394 e. The molecule has 1 saturated heterocycles. The quantitative estimate of drug-likeness (QED) is 0.293. The number of carbonyl (C=O) groups is 3. The van der Waals surface area contributed by atoms with Crippen molar-refractivity contribution in [2.45, 2.75) is 25.4 Å². The van der Waals surface area contributed by atoms with E-state index in [-0.39, 0.29) is 18.2 Å². The SMILES string of the molecule is Nc1cccc2c1CN(C1CCC(=O)NC1=O)C2=O.O=S(=O)(O)O. The van der Waals surface area contributed by atoms with E-state index in [0.717, 1.165) is 5.56 Å². The van der Waals surface area contributed by atoms with E-state index in [0.29, 0.717) is 24.2 Å². The number of rotatable bonds is 1. The summed E-state index contributed by atoms with van der Waals surface area (Å²) in [4.78, 5) is 36.7. The maximum absolute atomic E-state index is 12.3. The fourth-order valence-corrected chi connectivity index (χ4v) is 2.61. The van der Waals surface area contributed by atoms with Crippen LogP contribution in [-0.2, 0) is 26.5 Å². The molecule has 1 atom stereocenters. The standard InChI is InChI=1S/C13H13N3O3.H2O4S/c14-9-3-1-2-7-8(9)6-16(13(7)19)10-4-5-11(17)15-12(10)18;1-5(2,3)4/h1-3,10H,4-6,14H2,(H,15,17,18);(H2,1,2,3,4). The van der Waals surface area contributed by atoms with Crippen molar-refractivity contribution in [2.24, 2.45) is 0 Å². The van der Waals surface area contributed by atoms with Crippen LogP contribution in [0.15, 0.2) is 18.2 Å². The van der Waals surface area contributed by atoms with Gasteiger partial charge in [-0.2, -0.15) is 8.42 Å². The van der Waals surface area contributed by atoms with Gasteiger partial charge in [0.05, 0.1) is 0 Å². The molecule has 1 aromatic carbocycles. The van der Waals surface area contributed by atoms with Gasteiger partial charge in [0.1, 0.15) is 6.04 Å². The summed E-state index contributed by atoms with van der Waals surface area (Å²) in [5, 5.41) is 2.27. The van der Waals surface area contributed by atoms with E-state index in [9.17, 15) is 14.4 Å². The van der Waals surface area contributed by atoms with Gasteiger partial charge < -0.3 is 10.6 Å². The van der Waals surface area contributed by atoms with E-state index in [4.69, 9.17) is 23.3 Å². The van der Waals surface area contributed by atoms with E-state index in [2.05, 4.69) is 5.32 Å². The number of nitrogen functional groups attached to an aromatic ring is 1. The molecule has 0 aliphatic carbocycles. The summed E-state index contributed by atoms with van der Waals surface area (Å²) in [5.74, 6) is -0.891. The van der Waals surface area contributed by atoms with Crippen LogP contribution < -0.4 is 11.1 Å². The molecule has 2 aliphatic rings. The third kappa shape index (κ3) is 4.07. The second-order valence-corrected chi connectivity index (χ2v) is 6.12. The van der Waals surface area contributed by atoms with Gasteiger partial charge in [0, 0.05) is 29.8 Å². The highest BCUT2D eigenvalue weighted by atomic mass is 32.3. The van der Waals surface area contributed by atoms with Gasteiger partial charge >= 0.3 is 10.4 Å². The maximum Gasteiger partial charge on any atom is 0.394 e. The van der Waals surface area contributed by atoms with Crippen LogP contribution in [0.2, 0.25) is 0 Å². The first-order chi connectivity index (χ1) is 11.1. The zero-order valence-corrected chi connectivity index (χ0v) is 13.1. The van der Waals surface area contributed by atoms with E-state index >= 15 is 0 Å². The van der Waals surface area contributed by atoms with E-state index in [1.807, 2.05) is 0 Å². The van der Waals surface area contributed by atoms with Crippen LogP contribution in [0.1, 0.15) is 28.8 Å². The Morgan fingerprint density at radius 1 is 1.21 bits per heavy atom. The Hall–Kier alpha value is -2.50. The molecule has 2 heterocycles. The predicted octanol–water partition coefficient (Wildman–Crippen LogP) is -0.623. The Balaban J connectivity index is 0.000000368. The van der Waals surface area contributed by atoms with E-state index in [1.54, 1.807) is 18.2 Å². The van der Waals surface area contributed by atoms with Crippen molar-refractivity contribution in [1.82, 2.24) is 10.2 Å². The van der Waals surface area contributed by atoms with Crippen LogP contribution in [0.5, 0.6) is 0 Å². The molecule has 0 radical (unpaired) electrons. The van der Waals surface area contributed by atoms with Crippen LogP contribution in [0.3, 0.4) is 0 Å². The van der Waals surface area contributed by atoms with Crippen LogP contribution in [0.25, 0.3) is 0 Å². The highest BCUT2D eigenvalue weighted by molar-refractivity contribution is 7.79. The van der Waals surface area contributed by atoms with Crippen molar-refractivity contribution in [1.29, 1.82) is 0 Å². The first-order valence-corrected chi connectivity index (χ1v) is 8.19. The molecule has 0 bridgehead atoms. The number of amides is 3. The number of piperidine rings is 1. The molecule has 2 aliphatic heterocycles. The molecule has 0 saturated carbocycles. The topological polar surface area (TPSA) is 167 Å². The number of hydrogen-bond donors (Lipinski definition) is 4. The van der Waals surface area contributed by atoms with Crippen molar-refractivity contribution in [3.8, 4) is 0 Å². The lowest BCUT2D eigenvalue weighted by Gasteiger charge is -2.29. The van der Waals surface area contributed by atoms with Crippen molar-refractivity contribution >= 4 is 33.8 Å². The maximum atomic E-state index is 12.3. The lowest BCUT2D eigenvalue weighted by Crippen LogP contribution is -2.52. The lowest BCUT2D eigenvalue weighted by molar-refractivity contribution is -0.136. The van der Waals surface area contributed by atoms with Gasteiger partial charge in [-0.25, -0.2) is 0 Å². The van der Waals surface area contributed by atoms with Gasteiger partial charge in [0.2, 0.25) is 11.8 Å². The first kappa shape index (κ1) is 17.8.